The van der Waals surface area contributed by atoms with E-state index in [9.17, 15) is 4.79 Å². The van der Waals surface area contributed by atoms with E-state index < -0.39 is 0 Å². The molecule has 0 radical (unpaired) electrons. The maximum atomic E-state index is 12.1. The Morgan fingerprint density at radius 1 is 1.50 bits per heavy atom. The summed E-state index contributed by atoms with van der Waals surface area (Å²) in [6, 6.07) is 5.41. The van der Waals surface area contributed by atoms with Crippen molar-refractivity contribution in [2.24, 2.45) is 5.41 Å². The lowest BCUT2D eigenvalue weighted by atomic mass is 10.0. The van der Waals surface area contributed by atoms with Crippen LogP contribution in [0.4, 0.5) is 0 Å². The van der Waals surface area contributed by atoms with Crippen molar-refractivity contribution in [2.45, 2.75) is 32.6 Å². The van der Waals surface area contributed by atoms with E-state index in [0.29, 0.717) is 16.0 Å². The summed E-state index contributed by atoms with van der Waals surface area (Å²) in [5.74, 6) is -0.0799. The molecule has 1 amide bonds. The summed E-state index contributed by atoms with van der Waals surface area (Å²) in [5, 5.41) is 3.49. The highest BCUT2D eigenvalue weighted by molar-refractivity contribution is 9.10. The quantitative estimate of drug-likeness (QED) is 0.851. The molecule has 1 aromatic carbocycles. The van der Waals surface area contributed by atoms with Crippen molar-refractivity contribution in [3.05, 3.63) is 33.3 Å². The van der Waals surface area contributed by atoms with Crippen molar-refractivity contribution in [1.29, 1.82) is 0 Å². The number of halogens is 2. The topological polar surface area (TPSA) is 29.1 Å². The van der Waals surface area contributed by atoms with Crippen molar-refractivity contribution >= 4 is 33.4 Å². The highest BCUT2D eigenvalue weighted by Gasteiger charge is 2.41. The van der Waals surface area contributed by atoms with Gasteiger partial charge < -0.3 is 5.32 Å². The van der Waals surface area contributed by atoms with Crippen LogP contribution in [0.3, 0.4) is 0 Å². The average Bonchev–Trinajstić information content (AvgIpc) is 3.11. The third-order valence-electron chi connectivity index (χ3n) is 3.56. The van der Waals surface area contributed by atoms with Crippen molar-refractivity contribution in [1.82, 2.24) is 5.32 Å². The summed E-state index contributed by atoms with van der Waals surface area (Å²) in [5.41, 5.74) is 0.904. The Morgan fingerprint density at radius 3 is 2.83 bits per heavy atom. The van der Waals surface area contributed by atoms with Gasteiger partial charge in [-0.1, -0.05) is 31.0 Å². The predicted octanol–water partition coefficient (Wildman–Crippen LogP) is 4.41. The summed E-state index contributed by atoms with van der Waals surface area (Å²) in [7, 11) is 0. The first-order valence-corrected chi connectivity index (χ1v) is 7.47. The minimum Gasteiger partial charge on any atom is -0.351 e. The average molecular weight is 331 g/mol. The minimum absolute atomic E-state index is 0.0799. The van der Waals surface area contributed by atoms with Crippen molar-refractivity contribution in [2.75, 3.05) is 6.54 Å². The molecule has 0 spiro atoms. The zero-order chi connectivity index (χ0) is 13.2. The number of carbonyl (C=O) groups is 1. The van der Waals surface area contributed by atoms with Crippen molar-refractivity contribution < 1.29 is 4.79 Å². The zero-order valence-corrected chi connectivity index (χ0v) is 12.8. The summed E-state index contributed by atoms with van der Waals surface area (Å²) in [6.07, 6.45) is 4.83. The lowest BCUT2D eigenvalue weighted by Gasteiger charge is -2.15. The standard InChI is InChI=1S/C14H17BrClNO/c1-2-6-14(7-8-14)9-17-13(18)10-4-3-5-11(15)12(10)16/h3-5H,2,6-9H2,1H3,(H,17,18). The van der Waals surface area contributed by atoms with Crippen LogP contribution in [0.15, 0.2) is 22.7 Å². The molecule has 0 unspecified atom stereocenters. The lowest BCUT2D eigenvalue weighted by molar-refractivity contribution is 0.0944. The van der Waals surface area contributed by atoms with Gasteiger partial charge in [-0.05, 0) is 52.7 Å². The predicted molar refractivity (Wildman–Crippen MR) is 78.1 cm³/mol. The molecule has 0 bridgehead atoms. The van der Waals surface area contributed by atoms with Crippen LogP contribution in [0.1, 0.15) is 43.0 Å². The van der Waals surface area contributed by atoms with E-state index in [1.54, 1.807) is 6.07 Å². The fourth-order valence-electron chi connectivity index (χ4n) is 2.26. The summed E-state index contributed by atoms with van der Waals surface area (Å²) in [4.78, 5) is 12.1. The van der Waals surface area contributed by atoms with Gasteiger partial charge >= 0.3 is 0 Å². The fourth-order valence-corrected chi connectivity index (χ4v) is 2.84. The second-order valence-electron chi connectivity index (χ2n) is 5.03. The number of benzene rings is 1. The number of rotatable bonds is 5. The highest BCUT2D eigenvalue weighted by Crippen LogP contribution is 2.48. The van der Waals surface area contributed by atoms with E-state index in [0.717, 1.165) is 11.0 Å². The summed E-state index contributed by atoms with van der Waals surface area (Å²) < 4.78 is 0.756. The van der Waals surface area contributed by atoms with Gasteiger partial charge in [0.05, 0.1) is 10.6 Å². The third kappa shape index (κ3) is 3.07. The molecular weight excluding hydrogens is 314 g/mol. The highest BCUT2D eigenvalue weighted by atomic mass is 79.9. The van der Waals surface area contributed by atoms with Crippen LogP contribution >= 0.6 is 27.5 Å². The summed E-state index contributed by atoms with van der Waals surface area (Å²) >= 11 is 9.44. The smallest absolute Gasteiger partial charge is 0.252 e. The van der Waals surface area contributed by atoms with Gasteiger partial charge in [-0.15, -0.1) is 0 Å². The number of carbonyl (C=O) groups excluding carboxylic acids is 1. The molecule has 1 N–H and O–H groups in total. The van der Waals surface area contributed by atoms with E-state index in [2.05, 4.69) is 28.2 Å². The molecule has 1 aromatic rings. The number of amides is 1. The monoisotopic (exact) mass is 329 g/mol. The second kappa shape index (κ2) is 5.62. The van der Waals surface area contributed by atoms with Crippen LogP contribution in [-0.4, -0.2) is 12.5 Å². The van der Waals surface area contributed by atoms with Gasteiger partial charge in [0, 0.05) is 11.0 Å². The summed E-state index contributed by atoms with van der Waals surface area (Å²) in [6.45, 7) is 2.95. The molecule has 1 aliphatic carbocycles. The third-order valence-corrected chi connectivity index (χ3v) is 4.85. The first-order valence-electron chi connectivity index (χ1n) is 6.30. The fraction of sp³-hybridized carbons (Fsp3) is 0.500. The molecule has 0 atom stereocenters. The molecule has 1 aliphatic rings. The van der Waals surface area contributed by atoms with Crippen molar-refractivity contribution in [3.8, 4) is 0 Å². The first kappa shape index (κ1) is 13.9. The van der Waals surface area contributed by atoms with Gasteiger partial charge in [-0.2, -0.15) is 0 Å². The Balaban J connectivity index is 1.98. The molecule has 4 heteroatoms. The molecule has 0 saturated heterocycles. The van der Waals surface area contributed by atoms with Gasteiger partial charge in [0.15, 0.2) is 0 Å². The van der Waals surface area contributed by atoms with Gasteiger partial charge in [0.25, 0.3) is 5.91 Å². The maximum Gasteiger partial charge on any atom is 0.252 e. The van der Waals surface area contributed by atoms with E-state index in [4.69, 9.17) is 11.6 Å². The Morgan fingerprint density at radius 2 is 2.22 bits per heavy atom. The Bertz CT molecular complexity index is 457. The van der Waals surface area contributed by atoms with E-state index >= 15 is 0 Å². The normalized spacial score (nSPS) is 16.4. The van der Waals surface area contributed by atoms with Gasteiger partial charge in [-0.25, -0.2) is 0 Å². The molecule has 2 rings (SSSR count). The molecule has 18 heavy (non-hydrogen) atoms. The molecule has 0 aliphatic heterocycles. The van der Waals surface area contributed by atoms with Gasteiger partial charge in [-0.3, -0.25) is 4.79 Å². The first-order chi connectivity index (χ1) is 8.58. The van der Waals surface area contributed by atoms with E-state index in [-0.39, 0.29) is 5.91 Å². The van der Waals surface area contributed by atoms with Gasteiger partial charge in [0.2, 0.25) is 0 Å². The molecule has 2 nitrogen and oxygen atoms in total. The maximum absolute atomic E-state index is 12.1. The van der Waals surface area contributed by atoms with Crippen LogP contribution in [0, 0.1) is 5.41 Å². The number of nitrogens with one attached hydrogen (secondary N) is 1. The van der Waals surface area contributed by atoms with Crippen LogP contribution in [0.2, 0.25) is 5.02 Å². The number of hydrogen-bond acceptors (Lipinski definition) is 1. The van der Waals surface area contributed by atoms with Crippen LogP contribution in [-0.2, 0) is 0 Å². The van der Waals surface area contributed by atoms with Crippen LogP contribution in [0.25, 0.3) is 0 Å². The second-order valence-corrected chi connectivity index (χ2v) is 6.27. The molecule has 0 aromatic heterocycles. The van der Waals surface area contributed by atoms with E-state index in [1.807, 2.05) is 12.1 Å². The van der Waals surface area contributed by atoms with Gasteiger partial charge in [0.1, 0.15) is 0 Å². The Kier molecular flexibility index (Phi) is 4.33. The Hall–Kier alpha value is -0.540. The van der Waals surface area contributed by atoms with Crippen LogP contribution in [0.5, 0.6) is 0 Å². The van der Waals surface area contributed by atoms with Crippen molar-refractivity contribution in [3.63, 3.8) is 0 Å². The molecule has 1 fully saturated rings. The van der Waals surface area contributed by atoms with E-state index in [1.165, 1.54) is 25.7 Å². The lowest BCUT2D eigenvalue weighted by Crippen LogP contribution is -2.30. The Labute approximate surface area is 121 Å². The zero-order valence-electron chi connectivity index (χ0n) is 10.4. The SMILES string of the molecule is CCCC1(CNC(=O)c2cccc(Br)c2Cl)CC1. The number of hydrogen-bond donors (Lipinski definition) is 1. The molecular formula is C14H17BrClNO. The minimum atomic E-state index is -0.0799. The molecule has 1 saturated carbocycles. The molecule has 0 heterocycles. The molecule has 98 valence electrons. The van der Waals surface area contributed by atoms with Crippen LogP contribution < -0.4 is 5.32 Å². The largest absolute Gasteiger partial charge is 0.351 e.